The summed E-state index contributed by atoms with van der Waals surface area (Å²) in [6.45, 7) is 1.44. The molecule has 12 heteroatoms. The summed E-state index contributed by atoms with van der Waals surface area (Å²) in [4.78, 5) is 23.1. The van der Waals surface area contributed by atoms with Gasteiger partial charge in [-0.25, -0.2) is 15.0 Å². The van der Waals surface area contributed by atoms with E-state index in [9.17, 15) is 25.4 Å². The quantitative estimate of drug-likeness (QED) is 0.328. The number of anilines is 1. The number of benzene rings is 1. The Kier molecular flexibility index (Phi) is 5.30. The lowest BCUT2D eigenvalue weighted by Crippen LogP contribution is -2.33. The number of hydrogen-bond acceptors (Lipinski definition) is 10. The van der Waals surface area contributed by atoms with Gasteiger partial charge in [-0.05, 0) is 12.5 Å². The zero-order chi connectivity index (χ0) is 21.4. The van der Waals surface area contributed by atoms with Gasteiger partial charge in [-0.15, -0.1) is 0 Å². The fraction of sp³-hybridized carbons (Fsp3) is 0.389. The molecular formula is C18H20N6O6. The number of hydrogen-bond donors (Lipinski definition) is 4. The number of rotatable bonds is 6. The van der Waals surface area contributed by atoms with Gasteiger partial charge in [0.25, 0.3) is 5.69 Å². The molecule has 4 N–H and O–H groups in total. The smallest absolute Gasteiger partial charge is 0.269 e. The number of nitro groups is 1. The topological polar surface area (TPSA) is 169 Å². The fourth-order valence-corrected chi connectivity index (χ4v) is 3.43. The average Bonchev–Trinajstić information content (AvgIpc) is 3.30. The van der Waals surface area contributed by atoms with Crippen molar-refractivity contribution in [2.24, 2.45) is 0 Å². The Balaban J connectivity index is 1.60. The van der Waals surface area contributed by atoms with Crippen LogP contribution in [0.3, 0.4) is 0 Å². The molecule has 0 bridgehead atoms. The van der Waals surface area contributed by atoms with E-state index in [4.69, 9.17) is 4.74 Å². The van der Waals surface area contributed by atoms with Crippen LogP contribution in [-0.4, -0.2) is 64.7 Å². The molecule has 1 aliphatic rings. The SMILES string of the molecule is C[C@H](Nc1ncnc2c1ncn2[C@@H]1O[C@H](CO)C(O)C1O)c1ccc([N+](=O)[O-])cc1. The van der Waals surface area contributed by atoms with Gasteiger partial charge in [-0.1, -0.05) is 12.1 Å². The van der Waals surface area contributed by atoms with Crippen molar-refractivity contribution in [3.63, 3.8) is 0 Å². The molecule has 0 aliphatic carbocycles. The van der Waals surface area contributed by atoms with Crippen molar-refractivity contribution in [2.45, 2.75) is 37.5 Å². The van der Waals surface area contributed by atoms with E-state index < -0.39 is 36.1 Å². The summed E-state index contributed by atoms with van der Waals surface area (Å²) in [6.07, 6.45) is -1.63. The predicted octanol–water partition coefficient (Wildman–Crippen LogP) is 0.519. The van der Waals surface area contributed by atoms with Gasteiger partial charge in [0.2, 0.25) is 0 Å². The number of ether oxygens (including phenoxy) is 1. The van der Waals surface area contributed by atoms with Gasteiger partial charge in [-0.2, -0.15) is 0 Å². The minimum Gasteiger partial charge on any atom is -0.394 e. The van der Waals surface area contributed by atoms with E-state index in [1.807, 2.05) is 6.92 Å². The summed E-state index contributed by atoms with van der Waals surface area (Å²) in [5.41, 5.74) is 1.62. The third-order valence-corrected chi connectivity index (χ3v) is 5.11. The Morgan fingerprint density at radius 2 is 1.97 bits per heavy atom. The molecule has 4 rings (SSSR count). The fourth-order valence-electron chi connectivity index (χ4n) is 3.43. The Hall–Kier alpha value is -3.19. The van der Waals surface area contributed by atoms with Crippen molar-refractivity contribution in [1.29, 1.82) is 0 Å². The lowest BCUT2D eigenvalue weighted by molar-refractivity contribution is -0.384. The largest absolute Gasteiger partial charge is 0.394 e. The molecule has 158 valence electrons. The molecule has 3 aromatic rings. The van der Waals surface area contributed by atoms with Crippen LogP contribution in [0, 0.1) is 10.1 Å². The number of imidazole rings is 1. The van der Waals surface area contributed by atoms with E-state index >= 15 is 0 Å². The van der Waals surface area contributed by atoms with Crippen LogP contribution in [0.5, 0.6) is 0 Å². The molecule has 2 aromatic heterocycles. The number of aliphatic hydroxyl groups is 3. The summed E-state index contributed by atoms with van der Waals surface area (Å²) >= 11 is 0. The highest BCUT2D eigenvalue weighted by Gasteiger charge is 2.44. The third-order valence-electron chi connectivity index (χ3n) is 5.11. The van der Waals surface area contributed by atoms with Crippen molar-refractivity contribution < 1.29 is 25.0 Å². The van der Waals surface area contributed by atoms with E-state index in [0.717, 1.165) is 5.56 Å². The van der Waals surface area contributed by atoms with Gasteiger partial charge in [0.15, 0.2) is 23.2 Å². The van der Waals surface area contributed by atoms with Crippen molar-refractivity contribution in [1.82, 2.24) is 19.5 Å². The standard InChI is InChI=1S/C18H20N6O6/c1-9(10-2-4-11(5-3-10)24(28)29)22-16-13-17(20-7-19-16)23(8-21-13)18-15(27)14(26)12(6-25)30-18/h2-5,7-9,12,14-15,18,25-27H,6H2,1H3,(H,19,20,22)/t9-,12+,14?,15?,18+/m0/s1. The second-order valence-electron chi connectivity index (χ2n) is 6.99. The van der Waals surface area contributed by atoms with Crippen LogP contribution in [-0.2, 0) is 4.74 Å². The highest BCUT2D eigenvalue weighted by molar-refractivity contribution is 5.82. The molecule has 12 nitrogen and oxygen atoms in total. The number of fused-ring (bicyclic) bond motifs is 1. The molecule has 1 fully saturated rings. The number of non-ortho nitro benzene ring substituents is 1. The van der Waals surface area contributed by atoms with Gasteiger partial charge < -0.3 is 25.4 Å². The molecular weight excluding hydrogens is 396 g/mol. The molecule has 0 amide bonds. The zero-order valence-electron chi connectivity index (χ0n) is 15.9. The predicted molar refractivity (Wildman–Crippen MR) is 103 cm³/mol. The maximum atomic E-state index is 10.8. The van der Waals surface area contributed by atoms with Crippen LogP contribution in [0.4, 0.5) is 11.5 Å². The summed E-state index contributed by atoms with van der Waals surface area (Å²) < 4.78 is 7.02. The first-order valence-electron chi connectivity index (χ1n) is 9.21. The maximum Gasteiger partial charge on any atom is 0.269 e. The highest BCUT2D eigenvalue weighted by atomic mass is 16.6. The first-order valence-corrected chi connectivity index (χ1v) is 9.21. The number of nitrogens with one attached hydrogen (secondary N) is 1. The second-order valence-corrected chi connectivity index (χ2v) is 6.99. The van der Waals surface area contributed by atoms with Crippen LogP contribution in [0.25, 0.3) is 11.2 Å². The maximum absolute atomic E-state index is 10.8. The van der Waals surface area contributed by atoms with E-state index in [2.05, 4.69) is 20.3 Å². The van der Waals surface area contributed by atoms with Crippen LogP contribution in [0.2, 0.25) is 0 Å². The normalized spacial score (nSPS) is 24.8. The van der Waals surface area contributed by atoms with Gasteiger partial charge >= 0.3 is 0 Å². The number of nitrogens with zero attached hydrogens (tertiary/aromatic N) is 5. The molecule has 30 heavy (non-hydrogen) atoms. The Labute approximate surface area is 169 Å². The van der Waals surface area contributed by atoms with E-state index in [0.29, 0.717) is 17.0 Å². The average molecular weight is 416 g/mol. The molecule has 1 aliphatic heterocycles. The first kappa shape index (κ1) is 20.1. The molecule has 0 saturated carbocycles. The molecule has 1 aromatic carbocycles. The van der Waals surface area contributed by atoms with E-state index in [-0.39, 0.29) is 11.7 Å². The Morgan fingerprint density at radius 3 is 2.60 bits per heavy atom. The second kappa shape index (κ2) is 7.91. The minimum absolute atomic E-state index is 0.00705. The summed E-state index contributed by atoms with van der Waals surface area (Å²) in [6, 6.07) is 5.94. The molecule has 5 atom stereocenters. The van der Waals surface area contributed by atoms with E-state index in [1.54, 1.807) is 12.1 Å². The summed E-state index contributed by atoms with van der Waals surface area (Å²) in [5, 5.41) is 43.6. The van der Waals surface area contributed by atoms with Gasteiger partial charge in [0, 0.05) is 12.1 Å². The highest BCUT2D eigenvalue weighted by Crippen LogP contribution is 2.32. The Morgan fingerprint density at radius 1 is 1.23 bits per heavy atom. The zero-order valence-corrected chi connectivity index (χ0v) is 15.9. The van der Waals surface area contributed by atoms with Crippen LogP contribution in [0.1, 0.15) is 24.8 Å². The van der Waals surface area contributed by atoms with Crippen LogP contribution < -0.4 is 5.32 Å². The van der Waals surface area contributed by atoms with Gasteiger partial charge in [0.05, 0.1) is 23.9 Å². The number of nitro benzene ring substituents is 1. The molecule has 0 spiro atoms. The lowest BCUT2D eigenvalue weighted by atomic mass is 10.1. The minimum atomic E-state index is -1.26. The van der Waals surface area contributed by atoms with Crippen molar-refractivity contribution in [3.8, 4) is 0 Å². The van der Waals surface area contributed by atoms with E-state index in [1.165, 1.54) is 29.4 Å². The monoisotopic (exact) mass is 416 g/mol. The first-order chi connectivity index (χ1) is 14.4. The van der Waals surface area contributed by atoms with Crippen LogP contribution >= 0.6 is 0 Å². The number of aliphatic hydroxyl groups excluding tert-OH is 3. The van der Waals surface area contributed by atoms with Gasteiger partial charge in [0.1, 0.15) is 24.6 Å². The third kappa shape index (κ3) is 3.45. The van der Waals surface area contributed by atoms with Crippen molar-refractivity contribution in [3.05, 3.63) is 52.6 Å². The molecule has 1 saturated heterocycles. The van der Waals surface area contributed by atoms with Crippen LogP contribution in [0.15, 0.2) is 36.9 Å². The molecule has 3 heterocycles. The van der Waals surface area contributed by atoms with Crippen molar-refractivity contribution >= 4 is 22.7 Å². The number of aromatic nitrogens is 4. The molecule has 2 unspecified atom stereocenters. The summed E-state index contributed by atoms with van der Waals surface area (Å²) in [7, 11) is 0. The Bertz CT molecular complexity index is 1060. The summed E-state index contributed by atoms with van der Waals surface area (Å²) in [5.74, 6) is 0.427. The lowest BCUT2D eigenvalue weighted by Gasteiger charge is -2.17. The van der Waals surface area contributed by atoms with Gasteiger partial charge in [-0.3, -0.25) is 14.7 Å². The molecule has 0 radical (unpaired) electrons. The van der Waals surface area contributed by atoms with Crippen molar-refractivity contribution in [2.75, 3.05) is 11.9 Å².